The van der Waals surface area contributed by atoms with Crippen LogP contribution in [0.1, 0.15) is 5.56 Å². The summed E-state index contributed by atoms with van der Waals surface area (Å²) in [5.74, 6) is 2.11. The van der Waals surface area contributed by atoms with Crippen LogP contribution in [0, 0.1) is 0 Å². The number of methoxy groups -OCH3 is 3. The van der Waals surface area contributed by atoms with Crippen LogP contribution in [0.15, 0.2) is 41.2 Å². The second-order valence-corrected chi connectivity index (χ2v) is 7.46. The highest BCUT2D eigenvalue weighted by atomic mass is 35.5. The zero-order valence-electron chi connectivity index (χ0n) is 15.8. The molecular formula is C20H16ClN3O4S. The average molecular weight is 430 g/mol. The number of ether oxygens (including phenoxy) is 3. The van der Waals surface area contributed by atoms with Gasteiger partial charge in [-0.1, -0.05) is 22.9 Å². The van der Waals surface area contributed by atoms with Crippen LogP contribution in [-0.4, -0.2) is 35.9 Å². The molecule has 7 nitrogen and oxygen atoms in total. The molecule has 0 bridgehead atoms. The minimum Gasteiger partial charge on any atom is -0.496 e. The summed E-state index contributed by atoms with van der Waals surface area (Å²) in [5.41, 5.74) is 1.23. The monoisotopic (exact) mass is 429 g/mol. The lowest BCUT2D eigenvalue weighted by Crippen LogP contribution is -2.23. The second kappa shape index (κ2) is 7.73. The molecular weight excluding hydrogens is 414 g/mol. The van der Waals surface area contributed by atoms with Crippen LogP contribution in [-0.2, 0) is 0 Å². The first-order valence-corrected chi connectivity index (χ1v) is 9.70. The molecule has 2 heterocycles. The van der Waals surface area contributed by atoms with E-state index in [-0.39, 0.29) is 5.56 Å². The van der Waals surface area contributed by atoms with Crippen LogP contribution >= 0.6 is 22.9 Å². The zero-order valence-corrected chi connectivity index (χ0v) is 17.4. The molecule has 0 radical (unpaired) electrons. The van der Waals surface area contributed by atoms with Crippen molar-refractivity contribution in [3.63, 3.8) is 0 Å². The first-order valence-electron chi connectivity index (χ1n) is 8.51. The Kier molecular flexibility index (Phi) is 5.12. The number of thiazole rings is 1. The topological polar surface area (TPSA) is 74.9 Å². The Hall–Kier alpha value is -3.10. The van der Waals surface area contributed by atoms with Crippen LogP contribution in [0.4, 0.5) is 0 Å². The highest BCUT2D eigenvalue weighted by Crippen LogP contribution is 2.35. The molecule has 0 atom stereocenters. The Labute approximate surface area is 174 Å². The maximum Gasteiger partial charge on any atom is 0.276 e. The van der Waals surface area contributed by atoms with Crippen molar-refractivity contribution in [1.29, 1.82) is 0 Å². The number of benzene rings is 2. The van der Waals surface area contributed by atoms with E-state index in [2.05, 4.69) is 10.2 Å². The van der Waals surface area contributed by atoms with Crippen molar-refractivity contribution in [2.75, 3.05) is 21.3 Å². The van der Waals surface area contributed by atoms with Crippen molar-refractivity contribution in [3.05, 3.63) is 61.9 Å². The van der Waals surface area contributed by atoms with Crippen LogP contribution in [0.2, 0.25) is 5.02 Å². The van der Waals surface area contributed by atoms with E-state index in [9.17, 15) is 4.79 Å². The smallest absolute Gasteiger partial charge is 0.276 e. The third kappa shape index (κ3) is 3.41. The minimum atomic E-state index is -0.211. The largest absolute Gasteiger partial charge is 0.496 e. The quantitative estimate of drug-likeness (QED) is 0.485. The number of hydrogen-bond donors (Lipinski definition) is 0. The van der Waals surface area contributed by atoms with Gasteiger partial charge >= 0.3 is 0 Å². The van der Waals surface area contributed by atoms with Gasteiger partial charge in [0.15, 0.2) is 17.3 Å². The Balaban J connectivity index is 1.90. The first kappa shape index (κ1) is 19.2. The summed E-state index contributed by atoms with van der Waals surface area (Å²) in [5, 5.41) is 8.91. The summed E-state index contributed by atoms with van der Waals surface area (Å²) in [6.45, 7) is 0. The molecule has 0 aliphatic rings. The molecule has 4 aromatic rings. The lowest BCUT2D eigenvalue weighted by molar-refractivity contribution is 0.348. The number of rotatable bonds is 5. The SMILES string of the molecule is COc1cc(OC)c(OC)cc1/C=c1/sc2nnc(-c3ccc(Cl)cc3)n2c1=O. The highest BCUT2D eigenvalue weighted by Gasteiger charge is 2.15. The van der Waals surface area contributed by atoms with E-state index in [0.717, 1.165) is 5.56 Å². The molecule has 4 rings (SSSR count). The van der Waals surface area contributed by atoms with Crippen LogP contribution < -0.4 is 24.3 Å². The van der Waals surface area contributed by atoms with Gasteiger partial charge in [-0.15, -0.1) is 10.2 Å². The van der Waals surface area contributed by atoms with Crippen molar-refractivity contribution < 1.29 is 14.2 Å². The fraction of sp³-hybridized carbons (Fsp3) is 0.150. The number of fused-ring (bicyclic) bond motifs is 1. The van der Waals surface area contributed by atoms with E-state index in [1.54, 1.807) is 63.8 Å². The number of aromatic nitrogens is 3. The van der Waals surface area contributed by atoms with Crippen molar-refractivity contribution in [1.82, 2.24) is 14.6 Å². The maximum absolute atomic E-state index is 13.1. The molecule has 0 saturated carbocycles. The standard InChI is InChI=1S/C20H16ClN3O4S/c1-26-14-10-16(28-3)15(27-2)8-12(14)9-17-19(25)24-18(22-23-20(24)29-17)11-4-6-13(21)7-5-11/h4-10H,1-3H3/b17-9+. The molecule has 9 heteroatoms. The summed E-state index contributed by atoms with van der Waals surface area (Å²) in [7, 11) is 4.66. The van der Waals surface area contributed by atoms with Gasteiger partial charge in [0.25, 0.3) is 5.56 Å². The Morgan fingerprint density at radius 2 is 1.62 bits per heavy atom. The van der Waals surface area contributed by atoms with Crippen LogP contribution in [0.3, 0.4) is 0 Å². The molecule has 29 heavy (non-hydrogen) atoms. The third-order valence-corrected chi connectivity index (χ3v) is 5.58. The van der Waals surface area contributed by atoms with Gasteiger partial charge in [0.05, 0.1) is 25.9 Å². The highest BCUT2D eigenvalue weighted by molar-refractivity contribution is 7.15. The molecule has 0 unspecified atom stereocenters. The number of nitrogens with zero attached hydrogens (tertiary/aromatic N) is 3. The molecule has 0 fully saturated rings. The Bertz CT molecular complexity index is 1300. The van der Waals surface area contributed by atoms with E-state index < -0.39 is 0 Å². The molecule has 0 amide bonds. The normalized spacial score (nSPS) is 11.8. The van der Waals surface area contributed by atoms with Crippen molar-refractivity contribution in [3.8, 4) is 28.6 Å². The summed E-state index contributed by atoms with van der Waals surface area (Å²) < 4.78 is 18.1. The summed E-state index contributed by atoms with van der Waals surface area (Å²) >= 11 is 7.20. The molecule has 0 N–H and O–H groups in total. The number of halogens is 1. The molecule has 0 spiro atoms. The van der Waals surface area contributed by atoms with E-state index in [1.807, 2.05) is 0 Å². The van der Waals surface area contributed by atoms with E-state index in [1.165, 1.54) is 15.7 Å². The van der Waals surface area contributed by atoms with Gasteiger partial charge in [0.2, 0.25) is 4.96 Å². The van der Waals surface area contributed by atoms with Crippen molar-refractivity contribution in [2.45, 2.75) is 0 Å². The molecule has 2 aromatic carbocycles. The summed E-state index contributed by atoms with van der Waals surface area (Å²) in [6, 6.07) is 10.6. The summed E-state index contributed by atoms with van der Waals surface area (Å²) in [6.07, 6.45) is 1.74. The van der Waals surface area contributed by atoms with Gasteiger partial charge in [-0.2, -0.15) is 0 Å². The molecule has 0 aliphatic heterocycles. The lowest BCUT2D eigenvalue weighted by atomic mass is 10.1. The fourth-order valence-electron chi connectivity index (χ4n) is 2.96. The Morgan fingerprint density at radius 3 is 2.28 bits per heavy atom. The van der Waals surface area contributed by atoms with E-state index in [0.29, 0.717) is 43.2 Å². The fourth-order valence-corrected chi connectivity index (χ4v) is 3.98. The van der Waals surface area contributed by atoms with Crippen LogP contribution in [0.5, 0.6) is 17.2 Å². The van der Waals surface area contributed by atoms with Gasteiger partial charge in [-0.05, 0) is 36.4 Å². The van der Waals surface area contributed by atoms with E-state index in [4.69, 9.17) is 25.8 Å². The van der Waals surface area contributed by atoms with Gasteiger partial charge in [-0.3, -0.25) is 4.79 Å². The predicted octanol–water partition coefficient (Wildman–Crippen LogP) is 3.04. The number of hydrogen-bond acceptors (Lipinski definition) is 7. The predicted molar refractivity (Wildman–Crippen MR) is 112 cm³/mol. The molecule has 0 aliphatic carbocycles. The van der Waals surface area contributed by atoms with Gasteiger partial charge in [0, 0.05) is 22.2 Å². The van der Waals surface area contributed by atoms with E-state index >= 15 is 0 Å². The van der Waals surface area contributed by atoms with Crippen molar-refractivity contribution in [2.24, 2.45) is 0 Å². The average Bonchev–Trinajstić information content (AvgIpc) is 3.28. The van der Waals surface area contributed by atoms with Gasteiger partial charge in [0.1, 0.15) is 5.75 Å². The zero-order chi connectivity index (χ0) is 20.5. The van der Waals surface area contributed by atoms with Gasteiger partial charge in [-0.25, -0.2) is 4.40 Å². The third-order valence-electron chi connectivity index (χ3n) is 4.37. The maximum atomic E-state index is 13.1. The summed E-state index contributed by atoms with van der Waals surface area (Å²) in [4.78, 5) is 13.6. The second-order valence-electron chi connectivity index (χ2n) is 6.01. The molecule has 2 aromatic heterocycles. The van der Waals surface area contributed by atoms with Crippen molar-refractivity contribution >= 4 is 34.0 Å². The first-order chi connectivity index (χ1) is 14.0. The van der Waals surface area contributed by atoms with Gasteiger partial charge < -0.3 is 14.2 Å². The lowest BCUT2D eigenvalue weighted by Gasteiger charge is -2.11. The Morgan fingerprint density at radius 1 is 0.966 bits per heavy atom. The minimum absolute atomic E-state index is 0.211. The molecule has 148 valence electrons. The van der Waals surface area contributed by atoms with Crippen LogP contribution in [0.25, 0.3) is 22.4 Å². The molecule has 0 saturated heterocycles.